The molecule has 0 saturated carbocycles. The molecule has 0 atom stereocenters. The Morgan fingerprint density at radius 2 is 1.69 bits per heavy atom. The van der Waals surface area contributed by atoms with Crippen molar-refractivity contribution >= 4 is 16.9 Å². The molecule has 0 spiro atoms. The van der Waals surface area contributed by atoms with E-state index in [1.807, 2.05) is 36.4 Å². The topological polar surface area (TPSA) is 80.0 Å². The Morgan fingerprint density at radius 1 is 0.829 bits per heavy atom. The van der Waals surface area contributed by atoms with Crippen molar-refractivity contribution in [2.45, 2.75) is 0 Å². The number of hydrogen-bond donors (Lipinski definition) is 0. The molecule has 0 amide bonds. The zero-order valence-electron chi connectivity index (χ0n) is 19.3. The van der Waals surface area contributed by atoms with Gasteiger partial charge in [0, 0.05) is 51.9 Å². The van der Waals surface area contributed by atoms with Crippen LogP contribution in [0.25, 0.3) is 11.1 Å². The fourth-order valence-electron chi connectivity index (χ4n) is 4.17. The summed E-state index contributed by atoms with van der Waals surface area (Å²) in [5.74, 6) is 2.38. The van der Waals surface area contributed by atoms with E-state index >= 15 is 0 Å². The monoisotopic (exact) mass is 469 g/mol. The Kier molecular flexibility index (Phi) is 6.22. The lowest BCUT2D eigenvalue weighted by molar-refractivity contribution is 0.105. The molecule has 7 heteroatoms. The summed E-state index contributed by atoms with van der Waals surface area (Å²) in [6.45, 7) is 0.577. The highest BCUT2D eigenvalue weighted by atomic mass is 16.5. The minimum atomic E-state index is -0.0729. The molecule has 0 fully saturated rings. The molecule has 1 aliphatic carbocycles. The molecule has 176 valence electrons. The molecule has 0 bridgehead atoms. The number of rotatable bonds is 9. The van der Waals surface area contributed by atoms with Gasteiger partial charge in [0.1, 0.15) is 24.7 Å². The summed E-state index contributed by atoms with van der Waals surface area (Å²) in [5, 5.41) is 0. The lowest BCUT2D eigenvalue weighted by atomic mass is 9.96. The molecular weight excluding hydrogens is 446 g/mol. The summed E-state index contributed by atoms with van der Waals surface area (Å²) < 4.78 is 27.9. The lowest BCUT2D eigenvalue weighted by Gasteiger charge is -2.14. The van der Waals surface area contributed by atoms with E-state index in [0.29, 0.717) is 40.7 Å². The summed E-state index contributed by atoms with van der Waals surface area (Å²) in [7, 11) is 3.16. The van der Waals surface area contributed by atoms with Gasteiger partial charge in [-0.2, -0.15) is 0 Å². The van der Waals surface area contributed by atoms with Crippen LogP contribution in [-0.2, 0) is 0 Å². The van der Waals surface area contributed by atoms with Crippen LogP contribution >= 0.6 is 0 Å². The number of ketones is 1. The predicted molar refractivity (Wildman–Crippen MR) is 130 cm³/mol. The van der Waals surface area contributed by atoms with Gasteiger partial charge in [-0.15, -0.1) is 0 Å². The number of Topliss-reactive ketones (excluding diaryl/α,β-unsaturated/α-hetero) is 1. The summed E-state index contributed by atoms with van der Waals surface area (Å²) in [4.78, 5) is 17.7. The van der Waals surface area contributed by atoms with E-state index in [1.54, 1.807) is 57.3 Å². The van der Waals surface area contributed by atoms with Crippen LogP contribution in [0.15, 0.2) is 83.9 Å². The SMILES string of the molecule is COc1ccc(OCCOc2cccc3c2C(c2ccoc2)=C(c2cccnc2)C3=O)cc1OC. The number of benzene rings is 2. The van der Waals surface area contributed by atoms with Crippen LogP contribution in [0.2, 0.25) is 0 Å². The van der Waals surface area contributed by atoms with Crippen molar-refractivity contribution < 1.29 is 28.2 Å². The van der Waals surface area contributed by atoms with E-state index < -0.39 is 0 Å². The number of pyridine rings is 1. The third-order valence-corrected chi connectivity index (χ3v) is 5.72. The zero-order valence-corrected chi connectivity index (χ0v) is 19.3. The Morgan fingerprint density at radius 3 is 2.43 bits per heavy atom. The minimum Gasteiger partial charge on any atom is -0.493 e. The van der Waals surface area contributed by atoms with Gasteiger partial charge in [0.25, 0.3) is 0 Å². The van der Waals surface area contributed by atoms with Crippen LogP contribution in [0.4, 0.5) is 0 Å². The molecule has 0 unspecified atom stereocenters. The highest BCUT2D eigenvalue weighted by Gasteiger charge is 2.34. The van der Waals surface area contributed by atoms with Crippen molar-refractivity contribution in [3.8, 4) is 23.0 Å². The molecule has 0 radical (unpaired) electrons. The second-order valence-corrected chi connectivity index (χ2v) is 7.73. The molecule has 4 aromatic rings. The van der Waals surface area contributed by atoms with Gasteiger partial charge in [0.05, 0.1) is 26.7 Å². The van der Waals surface area contributed by atoms with E-state index in [2.05, 4.69) is 4.98 Å². The molecule has 1 aliphatic rings. The first-order valence-corrected chi connectivity index (χ1v) is 11.0. The summed E-state index contributed by atoms with van der Waals surface area (Å²) in [6, 6.07) is 16.4. The van der Waals surface area contributed by atoms with Gasteiger partial charge in [-0.05, 0) is 30.3 Å². The summed E-state index contributed by atoms with van der Waals surface area (Å²) in [5.41, 5.74) is 4.21. The van der Waals surface area contributed by atoms with Gasteiger partial charge in [0.2, 0.25) is 0 Å². The first-order valence-electron chi connectivity index (χ1n) is 11.0. The lowest BCUT2D eigenvalue weighted by Crippen LogP contribution is -2.10. The van der Waals surface area contributed by atoms with Crippen molar-refractivity contribution in [1.29, 1.82) is 0 Å². The Hall–Kier alpha value is -4.52. The van der Waals surface area contributed by atoms with E-state index in [4.69, 9.17) is 23.4 Å². The van der Waals surface area contributed by atoms with Gasteiger partial charge in [-0.25, -0.2) is 0 Å². The molecule has 0 aliphatic heterocycles. The Bertz CT molecular complexity index is 1380. The second-order valence-electron chi connectivity index (χ2n) is 7.73. The normalized spacial score (nSPS) is 12.5. The predicted octanol–water partition coefficient (Wildman–Crippen LogP) is 5.31. The van der Waals surface area contributed by atoms with Crippen LogP contribution in [0, 0.1) is 0 Å². The van der Waals surface area contributed by atoms with E-state index in [1.165, 1.54) is 0 Å². The average Bonchev–Trinajstić information content (AvgIpc) is 3.53. The number of carbonyl (C=O) groups excluding carboxylic acids is 1. The van der Waals surface area contributed by atoms with Gasteiger partial charge >= 0.3 is 0 Å². The number of aromatic nitrogens is 1. The van der Waals surface area contributed by atoms with Crippen LogP contribution in [-0.4, -0.2) is 38.2 Å². The van der Waals surface area contributed by atoms with Crippen LogP contribution in [0.5, 0.6) is 23.0 Å². The van der Waals surface area contributed by atoms with Gasteiger partial charge in [-0.3, -0.25) is 9.78 Å². The van der Waals surface area contributed by atoms with E-state index in [0.717, 1.165) is 22.3 Å². The van der Waals surface area contributed by atoms with Crippen LogP contribution in [0.3, 0.4) is 0 Å². The molecule has 0 saturated heterocycles. The largest absolute Gasteiger partial charge is 0.493 e. The zero-order chi connectivity index (χ0) is 24.2. The van der Waals surface area contributed by atoms with Gasteiger partial charge in [-0.1, -0.05) is 18.2 Å². The third kappa shape index (κ3) is 4.24. The molecule has 7 nitrogen and oxygen atoms in total. The number of allylic oxidation sites excluding steroid dienone is 1. The first kappa shape index (κ1) is 22.3. The van der Waals surface area contributed by atoms with E-state index in [9.17, 15) is 4.79 Å². The average molecular weight is 469 g/mol. The molecule has 2 aromatic heterocycles. The maximum atomic E-state index is 13.5. The van der Waals surface area contributed by atoms with E-state index in [-0.39, 0.29) is 12.4 Å². The number of methoxy groups -OCH3 is 2. The molecule has 0 N–H and O–H groups in total. The van der Waals surface area contributed by atoms with Crippen molar-refractivity contribution in [2.24, 2.45) is 0 Å². The molecular formula is C28H23NO6. The Labute approximate surface area is 202 Å². The molecule has 2 aromatic carbocycles. The summed E-state index contributed by atoms with van der Waals surface area (Å²) >= 11 is 0. The number of nitrogens with zero attached hydrogens (tertiary/aromatic N) is 1. The smallest absolute Gasteiger partial charge is 0.195 e. The van der Waals surface area contributed by atoms with Gasteiger partial charge < -0.3 is 23.4 Å². The first-order chi connectivity index (χ1) is 17.2. The summed E-state index contributed by atoms with van der Waals surface area (Å²) in [6.07, 6.45) is 6.59. The van der Waals surface area contributed by atoms with Crippen LogP contribution < -0.4 is 18.9 Å². The van der Waals surface area contributed by atoms with Crippen LogP contribution in [0.1, 0.15) is 27.0 Å². The fourth-order valence-corrected chi connectivity index (χ4v) is 4.17. The Balaban J connectivity index is 1.41. The highest BCUT2D eigenvalue weighted by Crippen LogP contribution is 2.46. The quantitative estimate of drug-likeness (QED) is 0.308. The highest BCUT2D eigenvalue weighted by molar-refractivity contribution is 6.41. The molecule has 35 heavy (non-hydrogen) atoms. The molecule has 5 rings (SSSR count). The fraction of sp³-hybridized carbons (Fsp3) is 0.143. The maximum Gasteiger partial charge on any atom is 0.195 e. The minimum absolute atomic E-state index is 0.0729. The number of carbonyl (C=O) groups is 1. The second kappa shape index (κ2) is 9.77. The van der Waals surface area contributed by atoms with Crippen molar-refractivity contribution in [3.05, 3.63) is 102 Å². The maximum absolute atomic E-state index is 13.5. The van der Waals surface area contributed by atoms with Crippen molar-refractivity contribution in [1.82, 2.24) is 4.98 Å². The standard InChI is InChI=1S/C28H23NO6/c1-31-22-9-8-20(15-24(22)32-2)34-13-14-35-23-7-3-6-21-27(23)25(19-10-12-33-17-19)26(28(21)30)18-5-4-11-29-16-18/h3-12,15-17H,13-14H2,1-2H3. The number of hydrogen-bond acceptors (Lipinski definition) is 7. The molecule has 2 heterocycles. The number of ether oxygens (including phenoxy) is 4. The van der Waals surface area contributed by atoms with Crippen molar-refractivity contribution in [3.63, 3.8) is 0 Å². The van der Waals surface area contributed by atoms with Crippen molar-refractivity contribution in [2.75, 3.05) is 27.4 Å². The number of fused-ring (bicyclic) bond motifs is 1. The third-order valence-electron chi connectivity index (χ3n) is 5.72. The van der Waals surface area contributed by atoms with Gasteiger partial charge in [0.15, 0.2) is 17.3 Å². The number of furan rings is 1.